The second-order valence-corrected chi connectivity index (χ2v) is 14.4. The van der Waals surface area contributed by atoms with Gasteiger partial charge in [0.2, 0.25) is 0 Å². The number of ether oxygens (including phenoxy) is 2. The highest BCUT2D eigenvalue weighted by atomic mass is 31.2. The highest BCUT2D eigenvalue weighted by Crippen LogP contribution is 2.43. The molecular weight excluding hydrogens is 655 g/mol. The van der Waals surface area contributed by atoms with Crippen LogP contribution in [0.5, 0.6) is 0 Å². The standard InChI is InChI=1S/C40H73O9P/c1-3-5-7-9-11-13-15-17-19-20-22-24-26-28-30-32-40(43)49-39(37-48-50(44,45)47-35-38(42)34-41)36-46-33-31-29-27-25-23-21-18-16-14-12-10-8-6-4-2/h5,7,11,13-14,16-17,19,38-39,41-42H,3-4,6,8-10,12,15,18,20-37H2,1-2H3,(H,44,45)/b7-5-,13-11-,16-14-,19-17-. The number of aliphatic hydroxyl groups is 2. The van der Waals surface area contributed by atoms with Gasteiger partial charge in [0, 0.05) is 13.0 Å². The molecule has 0 saturated heterocycles. The van der Waals surface area contributed by atoms with Gasteiger partial charge in [-0.05, 0) is 70.6 Å². The van der Waals surface area contributed by atoms with Crippen molar-refractivity contribution in [2.24, 2.45) is 0 Å². The number of allylic oxidation sites excluding steroid dienone is 8. The first kappa shape index (κ1) is 48.4. The summed E-state index contributed by atoms with van der Waals surface area (Å²) in [5, 5.41) is 18.3. The maximum absolute atomic E-state index is 12.6. The average molecular weight is 729 g/mol. The fourth-order valence-corrected chi connectivity index (χ4v) is 5.80. The highest BCUT2D eigenvalue weighted by molar-refractivity contribution is 7.47. The second kappa shape index (κ2) is 37.2. The van der Waals surface area contributed by atoms with E-state index in [2.05, 4.69) is 62.5 Å². The summed E-state index contributed by atoms with van der Waals surface area (Å²) in [6.45, 7) is 3.34. The Labute approximate surface area is 305 Å². The molecule has 0 aliphatic rings. The number of aliphatic hydroxyl groups excluding tert-OH is 2. The molecule has 0 aromatic carbocycles. The van der Waals surface area contributed by atoms with Crippen LogP contribution in [-0.4, -0.2) is 66.3 Å². The van der Waals surface area contributed by atoms with Crippen LogP contribution < -0.4 is 0 Å². The van der Waals surface area contributed by atoms with Gasteiger partial charge in [-0.1, -0.05) is 127 Å². The van der Waals surface area contributed by atoms with Gasteiger partial charge in [0.15, 0.2) is 0 Å². The number of carbonyl (C=O) groups is 1. The van der Waals surface area contributed by atoms with E-state index < -0.39 is 39.2 Å². The number of esters is 1. The van der Waals surface area contributed by atoms with Crippen molar-refractivity contribution < 1.29 is 43.0 Å². The Bertz CT molecular complexity index is 919. The van der Waals surface area contributed by atoms with Crippen LogP contribution in [0.2, 0.25) is 0 Å². The van der Waals surface area contributed by atoms with Crippen LogP contribution in [0.25, 0.3) is 0 Å². The molecule has 0 rings (SSSR count). The second-order valence-electron chi connectivity index (χ2n) is 12.9. The minimum absolute atomic E-state index is 0.0367. The summed E-state index contributed by atoms with van der Waals surface area (Å²) in [5.41, 5.74) is 0. The maximum atomic E-state index is 12.6. The van der Waals surface area contributed by atoms with Crippen LogP contribution in [0, 0.1) is 0 Å². The molecule has 0 radical (unpaired) electrons. The largest absolute Gasteiger partial charge is 0.472 e. The van der Waals surface area contributed by atoms with Gasteiger partial charge in [0.25, 0.3) is 0 Å². The first-order valence-corrected chi connectivity index (χ1v) is 21.1. The molecule has 0 aliphatic carbocycles. The number of phosphoric ester groups is 1. The highest BCUT2D eigenvalue weighted by Gasteiger charge is 2.26. The Balaban J connectivity index is 4.27. The molecule has 0 bridgehead atoms. The maximum Gasteiger partial charge on any atom is 0.472 e. The third-order valence-electron chi connectivity index (χ3n) is 8.00. The molecule has 292 valence electrons. The van der Waals surface area contributed by atoms with Crippen LogP contribution in [0.4, 0.5) is 0 Å². The SMILES string of the molecule is CC/C=C\C/C=C\C/C=C\CCCCCCCC(=O)OC(COCCCCCCCC/C=C\CCCCCC)COP(=O)(O)OCC(O)CO. The third-order valence-corrected chi connectivity index (χ3v) is 8.95. The molecular formula is C40H73O9P. The van der Waals surface area contributed by atoms with Crippen LogP contribution in [0.3, 0.4) is 0 Å². The number of hydrogen-bond acceptors (Lipinski definition) is 8. The fraction of sp³-hybridized carbons (Fsp3) is 0.775. The molecule has 0 aliphatic heterocycles. The number of phosphoric acid groups is 1. The first-order valence-electron chi connectivity index (χ1n) is 19.6. The summed E-state index contributed by atoms with van der Waals surface area (Å²) in [4.78, 5) is 22.5. The summed E-state index contributed by atoms with van der Waals surface area (Å²) in [6, 6.07) is 0. The molecule has 10 heteroatoms. The zero-order chi connectivity index (χ0) is 36.8. The summed E-state index contributed by atoms with van der Waals surface area (Å²) < 4.78 is 33.2. The lowest BCUT2D eigenvalue weighted by atomic mass is 10.1. The van der Waals surface area contributed by atoms with Crippen LogP contribution in [0.15, 0.2) is 48.6 Å². The van der Waals surface area contributed by atoms with Gasteiger partial charge in [0.05, 0.1) is 26.4 Å². The smallest absolute Gasteiger partial charge is 0.457 e. The van der Waals surface area contributed by atoms with Crippen molar-refractivity contribution in [2.75, 3.05) is 33.0 Å². The summed E-state index contributed by atoms with van der Waals surface area (Å²) in [5.74, 6) is -0.404. The van der Waals surface area contributed by atoms with E-state index in [9.17, 15) is 19.4 Å². The summed E-state index contributed by atoms with van der Waals surface area (Å²) in [6.07, 6.45) is 39.2. The van der Waals surface area contributed by atoms with Gasteiger partial charge < -0.3 is 24.6 Å². The van der Waals surface area contributed by atoms with Gasteiger partial charge in [0.1, 0.15) is 12.2 Å². The van der Waals surface area contributed by atoms with Crippen molar-refractivity contribution in [1.82, 2.24) is 0 Å². The molecule has 50 heavy (non-hydrogen) atoms. The lowest BCUT2D eigenvalue weighted by Crippen LogP contribution is -2.29. The zero-order valence-corrected chi connectivity index (χ0v) is 32.5. The van der Waals surface area contributed by atoms with Crippen LogP contribution in [0.1, 0.15) is 155 Å². The molecule has 0 amide bonds. The summed E-state index contributed by atoms with van der Waals surface area (Å²) >= 11 is 0. The molecule has 3 atom stereocenters. The fourth-order valence-electron chi connectivity index (χ4n) is 5.01. The van der Waals surface area contributed by atoms with Crippen LogP contribution in [-0.2, 0) is 27.9 Å². The van der Waals surface area contributed by atoms with Crippen molar-refractivity contribution in [3.8, 4) is 0 Å². The molecule has 0 aromatic heterocycles. The molecule has 0 spiro atoms. The molecule has 3 N–H and O–H groups in total. The lowest BCUT2D eigenvalue weighted by Gasteiger charge is -2.20. The van der Waals surface area contributed by atoms with E-state index in [0.29, 0.717) is 13.0 Å². The van der Waals surface area contributed by atoms with E-state index in [0.717, 1.165) is 77.0 Å². The Kier molecular flexibility index (Phi) is 36.0. The molecule has 0 saturated carbocycles. The molecule has 0 aromatic rings. The number of rotatable bonds is 37. The molecule has 0 heterocycles. The molecule has 0 fully saturated rings. The number of carbonyl (C=O) groups excluding carboxylic acids is 1. The van der Waals surface area contributed by atoms with Gasteiger partial charge >= 0.3 is 13.8 Å². The monoisotopic (exact) mass is 728 g/mol. The predicted molar refractivity (Wildman–Crippen MR) is 205 cm³/mol. The van der Waals surface area contributed by atoms with E-state index in [1.165, 1.54) is 51.4 Å². The van der Waals surface area contributed by atoms with Crippen molar-refractivity contribution in [2.45, 2.75) is 167 Å². The Hall–Kier alpha value is -1.58. The van der Waals surface area contributed by atoms with Crippen molar-refractivity contribution in [1.29, 1.82) is 0 Å². The van der Waals surface area contributed by atoms with Gasteiger partial charge in [-0.15, -0.1) is 0 Å². The summed E-state index contributed by atoms with van der Waals surface area (Å²) in [7, 11) is -4.52. The normalized spacial score (nSPS) is 14.7. The topological polar surface area (TPSA) is 132 Å². The van der Waals surface area contributed by atoms with E-state index in [1.807, 2.05) is 0 Å². The Morgan fingerprint density at radius 1 is 0.640 bits per heavy atom. The van der Waals surface area contributed by atoms with E-state index in [-0.39, 0.29) is 19.6 Å². The third kappa shape index (κ3) is 36.2. The van der Waals surface area contributed by atoms with E-state index in [1.54, 1.807) is 0 Å². The number of hydrogen-bond donors (Lipinski definition) is 3. The lowest BCUT2D eigenvalue weighted by molar-refractivity contribution is -0.154. The van der Waals surface area contributed by atoms with E-state index in [4.69, 9.17) is 23.6 Å². The predicted octanol–water partition coefficient (Wildman–Crippen LogP) is 10.2. The zero-order valence-electron chi connectivity index (χ0n) is 31.6. The van der Waals surface area contributed by atoms with Crippen molar-refractivity contribution >= 4 is 13.8 Å². The van der Waals surface area contributed by atoms with Crippen LogP contribution >= 0.6 is 7.82 Å². The number of unbranched alkanes of at least 4 members (excludes halogenated alkanes) is 15. The van der Waals surface area contributed by atoms with E-state index >= 15 is 0 Å². The first-order chi connectivity index (χ1) is 24.3. The Morgan fingerprint density at radius 2 is 1.14 bits per heavy atom. The van der Waals surface area contributed by atoms with Gasteiger partial charge in [-0.3, -0.25) is 13.8 Å². The molecule has 9 nitrogen and oxygen atoms in total. The minimum atomic E-state index is -4.52. The van der Waals surface area contributed by atoms with Crippen molar-refractivity contribution in [3.63, 3.8) is 0 Å². The molecule has 3 unspecified atom stereocenters. The minimum Gasteiger partial charge on any atom is -0.457 e. The van der Waals surface area contributed by atoms with Gasteiger partial charge in [-0.2, -0.15) is 0 Å². The average Bonchev–Trinajstić information content (AvgIpc) is 3.10. The quantitative estimate of drug-likeness (QED) is 0.0247. The Morgan fingerprint density at radius 3 is 1.74 bits per heavy atom. The van der Waals surface area contributed by atoms with Crippen molar-refractivity contribution in [3.05, 3.63) is 48.6 Å². The van der Waals surface area contributed by atoms with Gasteiger partial charge in [-0.25, -0.2) is 4.57 Å².